The molecule has 1 aromatic rings. The van der Waals surface area contributed by atoms with Crippen LogP contribution in [0.5, 0.6) is 0 Å². The van der Waals surface area contributed by atoms with Crippen molar-refractivity contribution in [2.75, 3.05) is 6.54 Å². The van der Waals surface area contributed by atoms with E-state index in [1.807, 2.05) is 0 Å². The standard InChI is InChI=1S/C11H14ClNO3S/c12-9-3-1-4-10(7-9)17(15,16)13-8-11(14)5-2-6-11/h1,3-4,7,13-14H,2,5-6,8H2. The molecule has 2 rings (SSSR count). The maximum atomic E-state index is 11.9. The first-order valence-electron chi connectivity index (χ1n) is 5.39. The van der Waals surface area contributed by atoms with E-state index in [9.17, 15) is 13.5 Å². The number of aliphatic hydroxyl groups is 1. The van der Waals surface area contributed by atoms with E-state index in [4.69, 9.17) is 11.6 Å². The minimum atomic E-state index is -3.59. The van der Waals surface area contributed by atoms with Crippen molar-refractivity contribution in [2.45, 2.75) is 29.8 Å². The molecular weight excluding hydrogens is 262 g/mol. The van der Waals surface area contributed by atoms with Crippen molar-refractivity contribution in [3.05, 3.63) is 29.3 Å². The van der Waals surface area contributed by atoms with Gasteiger partial charge in [0.2, 0.25) is 10.0 Å². The molecule has 1 aliphatic rings. The Kier molecular flexibility index (Phi) is 3.45. The average molecular weight is 276 g/mol. The van der Waals surface area contributed by atoms with Crippen molar-refractivity contribution in [3.63, 3.8) is 0 Å². The Morgan fingerprint density at radius 3 is 2.65 bits per heavy atom. The van der Waals surface area contributed by atoms with Crippen LogP contribution < -0.4 is 4.72 Å². The Morgan fingerprint density at radius 2 is 2.12 bits per heavy atom. The SMILES string of the molecule is O=S(=O)(NCC1(O)CCC1)c1cccc(Cl)c1. The zero-order valence-electron chi connectivity index (χ0n) is 9.19. The van der Waals surface area contributed by atoms with Gasteiger partial charge in [-0.05, 0) is 37.5 Å². The molecule has 2 N–H and O–H groups in total. The third kappa shape index (κ3) is 2.98. The molecular formula is C11H14ClNO3S. The van der Waals surface area contributed by atoms with E-state index in [1.165, 1.54) is 12.1 Å². The van der Waals surface area contributed by atoms with Crippen LogP contribution in [0.25, 0.3) is 0 Å². The molecule has 0 heterocycles. The van der Waals surface area contributed by atoms with E-state index in [-0.39, 0.29) is 11.4 Å². The second kappa shape index (κ2) is 4.57. The first-order valence-corrected chi connectivity index (χ1v) is 7.25. The molecule has 17 heavy (non-hydrogen) atoms. The second-order valence-electron chi connectivity index (χ2n) is 4.36. The number of hydrogen-bond donors (Lipinski definition) is 2. The first-order chi connectivity index (χ1) is 7.91. The minimum absolute atomic E-state index is 0.0574. The Morgan fingerprint density at radius 1 is 1.41 bits per heavy atom. The predicted molar refractivity (Wildman–Crippen MR) is 65.4 cm³/mol. The van der Waals surface area contributed by atoms with E-state index in [2.05, 4.69) is 4.72 Å². The lowest BCUT2D eigenvalue weighted by atomic mass is 9.81. The monoisotopic (exact) mass is 275 g/mol. The number of halogens is 1. The van der Waals surface area contributed by atoms with E-state index >= 15 is 0 Å². The molecule has 1 fully saturated rings. The van der Waals surface area contributed by atoms with Gasteiger partial charge in [0.25, 0.3) is 0 Å². The summed E-state index contributed by atoms with van der Waals surface area (Å²) in [6.45, 7) is 0.0574. The summed E-state index contributed by atoms with van der Waals surface area (Å²) in [6.07, 6.45) is 2.23. The van der Waals surface area contributed by atoms with Gasteiger partial charge in [-0.15, -0.1) is 0 Å². The van der Waals surface area contributed by atoms with E-state index in [0.29, 0.717) is 17.9 Å². The van der Waals surface area contributed by atoms with Gasteiger partial charge in [0, 0.05) is 11.6 Å². The zero-order chi connectivity index (χ0) is 12.5. The largest absolute Gasteiger partial charge is 0.389 e. The van der Waals surface area contributed by atoms with Crippen LogP contribution in [0.15, 0.2) is 29.2 Å². The molecule has 0 amide bonds. The molecule has 0 aliphatic heterocycles. The van der Waals surface area contributed by atoms with Crippen LogP contribution in [0.3, 0.4) is 0 Å². The molecule has 1 aliphatic carbocycles. The lowest BCUT2D eigenvalue weighted by Crippen LogP contribution is -2.47. The zero-order valence-corrected chi connectivity index (χ0v) is 10.8. The average Bonchev–Trinajstić information content (AvgIpc) is 2.24. The van der Waals surface area contributed by atoms with Crippen LogP contribution in [-0.4, -0.2) is 25.7 Å². The Labute approximate surface area is 106 Å². The molecule has 1 aromatic carbocycles. The molecule has 4 nitrogen and oxygen atoms in total. The molecule has 0 spiro atoms. The first kappa shape index (κ1) is 12.8. The molecule has 0 aromatic heterocycles. The van der Waals surface area contributed by atoms with Gasteiger partial charge < -0.3 is 5.11 Å². The van der Waals surface area contributed by atoms with Crippen molar-refractivity contribution in [1.82, 2.24) is 4.72 Å². The predicted octanol–water partition coefficient (Wildman–Crippen LogP) is 1.53. The third-order valence-corrected chi connectivity index (χ3v) is 4.62. The summed E-state index contributed by atoms with van der Waals surface area (Å²) < 4.78 is 26.2. The summed E-state index contributed by atoms with van der Waals surface area (Å²) in [5.74, 6) is 0. The van der Waals surface area contributed by atoms with Gasteiger partial charge in [0.05, 0.1) is 10.5 Å². The highest BCUT2D eigenvalue weighted by Crippen LogP contribution is 2.31. The highest BCUT2D eigenvalue weighted by atomic mass is 35.5. The van der Waals surface area contributed by atoms with Crippen LogP contribution in [0.2, 0.25) is 5.02 Å². The van der Waals surface area contributed by atoms with Gasteiger partial charge in [-0.2, -0.15) is 0 Å². The van der Waals surface area contributed by atoms with Gasteiger partial charge in [0.1, 0.15) is 0 Å². The third-order valence-electron chi connectivity index (χ3n) is 2.98. The number of rotatable bonds is 4. The number of hydrogen-bond acceptors (Lipinski definition) is 3. The van der Waals surface area contributed by atoms with Gasteiger partial charge in [-0.1, -0.05) is 17.7 Å². The summed E-state index contributed by atoms with van der Waals surface area (Å²) >= 11 is 5.74. The maximum absolute atomic E-state index is 11.9. The Balaban J connectivity index is 2.08. The summed E-state index contributed by atoms with van der Waals surface area (Å²) in [5.41, 5.74) is -0.869. The minimum Gasteiger partial charge on any atom is -0.389 e. The summed E-state index contributed by atoms with van der Waals surface area (Å²) in [7, 11) is -3.59. The van der Waals surface area contributed by atoms with Crippen molar-refractivity contribution in [2.24, 2.45) is 0 Å². The summed E-state index contributed by atoms with van der Waals surface area (Å²) in [5, 5.41) is 10.2. The van der Waals surface area contributed by atoms with E-state index in [0.717, 1.165) is 6.42 Å². The molecule has 0 atom stereocenters. The molecule has 94 valence electrons. The van der Waals surface area contributed by atoms with Gasteiger partial charge in [-0.3, -0.25) is 0 Å². The van der Waals surface area contributed by atoms with Crippen LogP contribution in [-0.2, 0) is 10.0 Å². The molecule has 0 radical (unpaired) electrons. The molecule has 0 bridgehead atoms. The van der Waals surface area contributed by atoms with Crippen molar-refractivity contribution >= 4 is 21.6 Å². The Bertz CT molecular complexity index is 511. The van der Waals surface area contributed by atoms with Gasteiger partial charge in [0.15, 0.2) is 0 Å². The maximum Gasteiger partial charge on any atom is 0.240 e. The van der Waals surface area contributed by atoms with Crippen LogP contribution >= 0.6 is 11.6 Å². The molecule has 1 saturated carbocycles. The number of benzene rings is 1. The highest BCUT2D eigenvalue weighted by molar-refractivity contribution is 7.89. The smallest absolute Gasteiger partial charge is 0.240 e. The number of sulfonamides is 1. The number of nitrogens with one attached hydrogen (secondary N) is 1. The van der Waals surface area contributed by atoms with Crippen LogP contribution in [0, 0.1) is 0 Å². The second-order valence-corrected chi connectivity index (χ2v) is 6.56. The topological polar surface area (TPSA) is 66.4 Å². The normalized spacial score (nSPS) is 18.7. The Hall–Kier alpha value is -0.620. The highest BCUT2D eigenvalue weighted by Gasteiger charge is 2.35. The fraction of sp³-hybridized carbons (Fsp3) is 0.455. The fourth-order valence-corrected chi connectivity index (χ4v) is 3.13. The van der Waals surface area contributed by atoms with Crippen molar-refractivity contribution in [1.29, 1.82) is 0 Å². The van der Waals surface area contributed by atoms with Crippen molar-refractivity contribution < 1.29 is 13.5 Å². The van der Waals surface area contributed by atoms with E-state index in [1.54, 1.807) is 12.1 Å². The quantitative estimate of drug-likeness (QED) is 0.876. The summed E-state index contributed by atoms with van der Waals surface area (Å²) in [6, 6.07) is 6.04. The summed E-state index contributed by atoms with van der Waals surface area (Å²) in [4.78, 5) is 0.118. The van der Waals surface area contributed by atoms with Crippen LogP contribution in [0.1, 0.15) is 19.3 Å². The van der Waals surface area contributed by atoms with E-state index < -0.39 is 15.6 Å². The van der Waals surface area contributed by atoms with Crippen LogP contribution in [0.4, 0.5) is 0 Å². The molecule has 0 unspecified atom stereocenters. The van der Waals surface area contributed by atoms with Gasteiger partial charge >= 0.3 is 0 Å². The molecule has 6 heteroatoms. The molecule has 0 saturated heterocycles. The lowest BCUT2D eigenvalue weighted by molar-refractivity contribution is -0.0270. The lowest BCUT2D eigenvalue weighted by Gasteiger charge is -2.36. The van der Waals surface area contributed by atoms with Crippen molar-refractivity contribution in [3.8, 4) is 0 Å². The van der Waals surface area contributed by atoms with Gasteiger partial charge in [-0.25, -0.2) is 13.1 Å². The fourth-order valence-electron chi connectivity index (χ4n) is 1.71.